The van der Waals surface area contributed by atoms with E-state index in [4.69, 9.17) is 0 Å². The molecule has 0 aromatic heterocycles. The number of hydrogen-bond donors (Lipinski definition) is 1. The summed E-state index contributed by atoms with van der Waals surface area (Å²) in [5.74, 6) is 0. The molecular weight excluding hydrogens is 150 g/mol. The standard InChI is InChI=1S/C10H19NO/c1-9(2,10(3,4)12)11-7-5-6-8-11/h5-6,12H,7-8H2,1-4H3. The van der Waals surface area contributed by atoms with Gasteiger partial charge < -0.3 is 5.11 Å². The van der Waals surface area contributed by atoms with Gasteiger partial charge in [-0.3, -0.25) is 4.90 Å². The molecule has 12 heavy (non-hydrogen) atoms. The highest BCUT2D eigenvalue weighted by Gasteiger charge is 2.40. The van der Waals surface area contributed by atoms with Crippen LogP contribution in [0, 0.1) is 0 Å². The normalized spacial score (nSPS) is 20.4. The first-order chi connectivity index (χ1) is 5.36. The maximum atomic E-state index is 9.94. The summed E-state index contributed by atoms with van der Waals surface area (Å²) >= 11 is 0. The maximum Gasteiger partial charge on any atom is 0.0769 e. The third kappa shape index (κ3) is 1.54. The van der Waals surface area contributed by atoms with Crippen molar-refractivity contribution in [3.05, 3.63) is 12.2 Å². The fourth-order valence-electron chi connectivity index (χ4n) is 1.32. The Kier molecular flexibility index (Phi) is 2.32. The van der Waals surface area contributed by atoms with E-state index in [-0.39, 0.29) is 5.54 Å². The Hall–Kier alpha value is -0.340. The average Bonchev–Trinajstić information content (AvgIpc) is 2.34. The number of nitrogens with zero attached hydrogens (tertiary/aromatic N) is 1. The van der Waals surface area contributed by atoms with Crippen LogP contribution in [0.25, 0.3) is 0 Å². The zero-order chi connectivity index (χ0) is 9.41. The largest absolute Gasteiger partial charge is 0.389 e. The third-order valence-corrected chi connectivity index (χ3v) is 3.11. The second-order valence-corrected chi connectivity index (χ2v) is 4.49. The lowest BCUT2D eigenvalue weighted by Gasteiger charge is -2.44. The van der Waals surface area contributed by atoms with E-state index in [1.165, 1.54) is 0 Å². The lowest BCUT2D eigenvalue weighted by Crippen LogP contribution is -2.57. The molecule has 0 aliphatic carbocycles. The van der Waals surface area contributed by atoms with Gasteiger partial charge in [-0.15, -0.1) is 0 Å². The van der Waals surface area contributed by atoms with Crippen LogP contribution in [0.2, 0.25) is 0 Å². The molecule has 1 aliphatic rings. The molecule has 1 rings (SSSR count). The van der Waals surface area contributed by atoms with E-state index in [9.17, 15) is 5.11 Å². The molecule has 0 saturated heterocycles. The lowest BCUT2D eigenvalue weighted by atomic mass is 9.84. The van der Waals surface area contributed by atoms with Crippen LogP contribution in [0.15, 0.2) is 12.2 Å². The molecule has 0 aromatic carbocycles. The molecule has 0 bridgehead atoms. The van der Waals surface area contributed by atoms with E-state index in [0.717, 1.165) is 13.1 Å². The number of rotatable bonds is 2. The summed E-state index contributed by atoms with van der Waals surface area (Å²) in [6.07, 6.45) is 4.29. The molecule has 1 heterocycles. The van der Waals surface area contributed by atoms with E-state index in [2.05, 4.69) is 30.9 Å². The van der Waals surface area contributed by atoms with E-state index in [1.807, 2.05) is 13.8 Å². The fourth-order valence-corrected chi connectivity index (χ4v) is 1.32. The van der Waals surface area contributed by atoms with Crippen molar-refractivity contribution < 1.29 is 5.11 Å². The average molecular weight is 169 g/mol. The van der Waals surface area contributed by atoms with Crippen molar-refractivity contribution in [1.29, 1.82) is 0 Å². The van der Waals surface area contributed by atoms with Gasteiger partial charge in [-0.2, -0.15) is 0 Å². The van der Waals surface area contributed by atoms with Crippen molar-refractivity contribution >= 4 is 0 Å². The van der Waals surface area contributed by atoms with Crippen LogP contribution in [0.5, 0.6) is 0 Å². The smallest absolute Gasteiger partial charge is 0.0769 e. The number of aliphatic hydroxyl groups is 1. The highest BCUT2D eigenvalue weighted by molar-refractivity contribution is 5.05. The van der Waals surface area contributed by atoms with Gasteiger partial charge in [0.05, 0.1) is 5.60 Å². The van der Waals surface area contributed by atoms with Gasteiger partial charge in [0, 0.05) is 18.6 Å². The molecule has 70 valence electrons. The summed E-state index contributed by atoms with van der Waals surface area (Å²) in [5.41, 5.74) is -0.810. The van der Waals surface area contributed by atoms with Crippen LogP contribution >= 0.6 is 0 Å². The summed E-state index contributed by atoms with van der Waals surface area (Å²) in [4.78, 5) is 2.27. The molecule has 1 N–H and O–H groups in total. The van der Waals surface area contributed by atoms with Crippen LogP contribution in [0.3, 0.4) is 0 Å². The van der Waals surface area contributed by atoms with E-state index >= 15 is 0 Å². The summed E-state index contributed by atoms with van der Waals surface area (Å²) < 4.78 is 0. The lowest BCUT2D eigenvalue weighted by molar-refractivity contribution is -0.0617. The molecule has 0 unspecified atom stereocenters. The first-order valence-corrected chi connectivity index (χ1v) is 4.48. The molecule has 0 atom stereocenters. The molecular formula is C10H19NO. The Balaban J connectivity index is 2.71. The van der Waals surface area contributed by atoms with Crippen molar-refractivity contribution in [3.8, 4) is 0 Å². The van der Waals surface area contributed by atoms with Crippen LogP contribution < -0.4 is 0 Å². The molecule has 2 nitrogen and oxygen atoms in total. The SMILES string of the molecule is CC(C)(O)C(C)(C)N1CC=CC1. The molecule has 0 saturated carbocycles. The van der Waals surface area contributed by atoms with Gasteiger partial charge >= 0.3 is 0 Å². The predicted octanol–water partition coefficient (Wildman–Crippen LogP) is 1.41. The van der Waals surface area contributed by atoms with Crippen molar-refractivity contribution in [1.82, 2.24) is 4.90 Å². The minimum atomic E-state index is -0.654. The van der Waals surface area contributed by atoms with Crippen molar-refractivity contribution in [2.45, 2.75) is 38.8 Å². The van der Waals surface area contributed by atoms with Crippen LogP contribution in [0.1, 0.15) is 27.7 Å². The number of hydrogen-bond acceptors (Lipinski definition) is 2. The maximum absolute atomic E-state index is 9.94. The van der Waals surface area contributed by atoms with Gasteiger partial charge in [-0.1, -0.05) is 12.2 Å². The van der Waals surface area contributed by atoms with Crippen molar-refractivity contribution in [2.24, 2.45) is 0 Å². The Morgan fingerprint density at radius 2 is 1.50 bits per heavy atom. The van der Waals surface area contributed by atoms with E-state index in [1.54, 1.807) is 0 Å². The highest BCUT2D eigenvalue weighted by atomic mass is 16.3. The van der Waals surface area contributed by atoms with E-state index < -0.39 is 5.60 Å². The third-order valence-electron chi connectivity index (χ3n) is 3.11. The van der Waals surface area contributed by atoms with Crippen molar-refractivity contribution in [3.63, 3.8) is 0 Å². The minimum absolute atomic E-state index is 0.156. The molecule has 1 aliphatic heterocycles. The predicted molar refractivity (Wildman–Crippen MR) is 51.1 cm³/mol. The quantitative estimate of drug-likeness (QED) is 0.632. The molecule has 0 radical (unpaired) electrons. The van der Waals surface area contributed by atoms with Gasteiger partial charge in [-0.25, -0.2) is 0 Å². The summed E-state index contributed by atoms with van der Waals surface area (Å²) in [5, 5.41) is 9.94. The van der Waals surface area contributed by atoms with E-state index in [0.29, 0.717) is 0 Å². The van der Waals surface area contributed by atoms with Gasteiger partial charge in [0.1, 0.15) is 0 Å². The van der Waals surface area contributed by atoms with Crippen LogP contribution in [-0.2, 0) is 0 Å². The van der Waals surface area contributed by atoms with Gasteiger partial charge in [-0.05, 0) is 27.7 Å². The molecule has 0 spiro atoms. The first kappa shape index (κ1) is 9.75. The second kappa shape index (κ2) is 2.86. The fraction of sp³-hybridized carbons (Fsp3) is 0.800. The Morgan fingerprint density at radius 1 is 1.08 bits per heavy atom. The van der Waals surface area contributed by atoms with Gasteiger partial charge in [0.15, 0.2) is 0 Å². The minimum Gasteiger partial charge on any atom is -0.389 e. The van der Waals surface area contributed by atoms with Gasteiger partial charge in [0.2, 0.25) is 0 Å². The Morgan fingerprint density at radius 3 is 1.83 bits per heavy atom. The molecule has 2 heteroatoms. The van der Waals surface area contributed by atoms with Gasteiger partial charge in [0.25, 0.3) is 0 Å². The molecule has 0 amide bonds. The zero-order valence-corrected chi connectivity index (χ0v) is 8.46. The molecule has 0 fully saturated rings. The van der Waals surface area contributed by atoms with Crippen molar-refractivity contribution in [2.75, 3.05) is 13.1 Å². The topological polar surface area (TPSA) is 23.5 Å². The summed E-state index contributed by atoms with van der Waals surface area (Å²) in [6.45, 7) is 9.81. The Labute approximate surface area is 74.9 Å². The molecule has 0 aromatic rings. The van der Waals surface area contributed by atoms with Crippen LogP contribution in [0.4, 0.5) is 0 Å². The van der Waals surface area contributed by atoms with Crippen LogP contribution in [-0.4, -0.2) is 34.2 Å². The summed E-state index contributed by atoms with van der Waals surface area (Å²) in [7, 11) is 0. The summed E-state index contributed by atoms with van der Waals surface area (Å²) in [6, 6.07) is 0. The second-order valence-electron chi connectivity index (χ2n) is 4.49. The Bertz CT molecular complexity index is 181. The monoisotopic (exact) mass is 169 g/mol. The highest BCUT2D eigenvalue weighted by Crippen LogP contribution is 2.28. The first-order valence-electron chi connectivity index (χ1n) is 4.48. The zero-order valence-electron chi connectivity index (χ0n) is 8.46.